The van der Waals surface area contributed by atoms with Crippen LogP contribution in [-0.4, -0.2) is 23.1 Å². The smallest absolute Gasteiger partial charge is 0.306 e. The Hall–Kier alpha value is -1.32. The Labute approximate surface area is 232 Å². The highest BCUT2D eigenvalue weighted by atomic mass is 16.5. The van der Waals surface area contributed by atoms with Crippen LogP contribution >= 0.6 is 0 Å². The first-order valence-electron chi connectivity index (χ1n) is 16.2. The van der Waals surface area contributed by atoms with Crippen molar-refractivity contribution in [3.05, 3.63) is 11.6 Å². The van der Waals surface area contributed by atoms with Crippen LogP contribution < -0.4 is 0 Å². The first-order valence-corrected chi connectivity index (χ1v) is 16.2. The van der Waals surface area contributed by atoms with Crippen molar-refractivity contribution in [2.45, 2.75) is 143 Å². The lowest BCUT2D eigenvalue weighted by atomic mass is 9.47. The number of carbonyl (C=O) groups is 2. The third-order valence-electron chi connectivity index (χ3n) is 12.2. The number of rotatable bonds is 12. The molecule has 3 saturated carbocycles. The summed E-state index contributed by atoms with van der Waals surface area (Å²) in [5.74, 6) is 4.18. The second-order valence-electron chi connectivity index (χ2n) is 14.4. The zero-order valence-electron chi connectivity index (χ0n) is 25.1. The Morgan fingerprint density at radius 2 is 1.79 bits per heavy atom. The molecule has 0 heterocycles. The second kappa shape index (κ2) is 12.5. The number of aliphatic carboxylic acids is 1. The van der Waals surface area contributed by atoms with Crippen LogP contribution in [-0.2, 0) is 14.3 Å². The zero-order chi connectivity index (χ0) is 27.5. The van der Waals surface area contributed by atoms with E-state index in [2.05, 4.69) is 40.7 Å². The van der Waals surface area contributed by atoms with Gasteiger partial charge in [-0.25, -0.2) is 0 Å². The average Bonchev–Trinajstić information content (AvgIpc) is 3.20. The molecule has 0 aromatic heterocycles. The molecule has 0 saturated heterocycles. The lowest BCUT2D eigenvalue weighted by Gasteiger charge is -2.58. The molecule has 0 aromatic rings. The minimum atomic E-state index is -0.796. The summed E-state index contributed by atoms with van der Waals surface area (Å²) in [5.41, 5.74) is 2.37. The van der Waals surface area contributed by atoms with Gasteiger partial charge >= 0.3 is 11.9 Å². The maximum absolute atomic E-state index is 12.4. The standard InChI is InChI=1S/C34H56O4/c1-6-24(23(2)3)10-9-11-25-15-17-29-28-16-14-26-22-27(38-32(37)13-8-7-12-31(35)36)18-20-34(26,5)30(28)19-21-33(25,29)4/h14,23-25,27-30H,6-13,15-22H2,1-5H3,(H,35,36). The van der Waals surface area contributed by atoms with Crippen molar-refractivity contribution in [2.75, 3.05) is 0 Å². The molecule has 0 aromatic carbocycles. The van der Waals surface area contributed by atoms with Crippen molar-refractivity contribution < 1.29 is 19.4 Å². The van der Waals surface area contributed by atoms with Crippen LogP contribution in [0.4, 0.5) is 0 Å². The molecule has 4 heteroatoms. The molecule has 0 radical (unpaired) electrons. The van der Waals surface area contributed by atoms with Crippen molar-refractivity contribution in [2.24, 2.45) is 46.3 Å². The highest BCUT2D eigenvalue weighted by Gasteiger charge is 2.58. The molecule has 0 bridgehead atoms. The third kappa shape index (κ3) is 6.20. The number of hydrogen-bond acceptors (Lipinski definition) is 3. The molecule has 4 rings (SSSR count). The number of unbranched alkanes of at least 4 members (excludes halogenated alkanes) is 1. The van der Waals surface area contributed by atoms with E-state index in [1.54, 1.807) is 5.57 Å². The van der Waals surface area contributed by atoms with Crippen molar-refractivity contribution in [1.82, 2.24) is 0 Å². The van der Waals surface area contributed by atoms with E-state index in [0.29, 0.717) is 24.7 Å². The fraction of sp³-hybridized carbons (Fsp3) is 0.882. The van der Waals surface area contributed by atoms with E-state index in [-0.39, 0.29) is 23.9 Å². The molecule has 38 heavy (non-hydrogen) atoms. The number of carboxylic acids is 1. The molecular formula is C34H56O4. The molecular weight excluding hydrogens is 472 g/mol. The molecule has 4 aliphatic rings. The number of ether oxygens (including phenoxy) is 1. The Morgan fingerprint density at radius 3 is 2.50 bits per heavy atom. The van der Waals surface area contributed by atoms with Crippen molar-refractivity contribution in [3.63, 3.8) is 0 Å². The molecule has 8 unspecified atom stereocenters. The predicted octanol–water partition coefficient (Wildman–Crippen LogP) is 8.97. The van der Waals surface area contributed by atoms with Crippen LogP contribution in [0.2, 0.25) is 0 Å². The van der Waals surface area contributed by atoms with Gasteiger partial charge in [0.15, 0.2) is 0 Å². The minimum absolute atomic E-state index is 0.000326. The number of fused-ring (bicyclic) bond motifs is 5. The fourth-order valence-electron chi connectivity index (χ4n) is 9.74. The summed E-state index contributed by atoms with van der Waals surface area (Å²) in [6.45, 7) is 12.4. The number of carboxylic acid groups (broad SMARTS) is 1. The maximum Gasteiger partial charge on any atom is 0.306 e. The van der Waals surface area contributed by atoms with Crippen molar-refractivity contribution in [3.8, 4) is 0 Å². The van der Waals surface area contributed by atoms with Gasteiger partial charge in [-0.05, 0) is 111 Å². The average molecular weight is 529 g/mol. The minimum Gasteiger partial charge on any atom is -0.481 e. The summed E-state index contributed by atoms with van der Waals surface area (Å²) in [7, 11) is 0. The van der Waals surface area contributed by atoms with E-state index in [4.69, 9.17) is 9.84 Å². The van der Waals surface area contributed by atoms with E-state index < -0.39 is 5.97 Å². The van der Waals surface area contributed by atoms with E-state index in [0.717, 1.165) is 54.8 Å². The van der Waals surface area contributed by atoms with Gasteiger partial charge in [-0.3, -0.25) is 9.59 Å². The monoisotopic (exact) mass is 528 g/mol. The van der Waals surface area contributed by atoms with E-state index in [9.17, 15) is 9.59 Å². The van der Waals surface area contributed by atoms with Crippen LogP contribution in [0.25, 0.3) is 0 Å². The van der Waals surface area contributed by atoms with Gasteiger partial charge in [0.25, 0.3) is 0 Å². The zero-order valence-corrected chi connectivity index (χ0v) is 25.1. The summed E-state index contributed by atoms with van der Waals surface area (Å²) >= 11 is 0. The van der Waals surface area contributed by atoms with Crippen LogP contribution in [0.3, 0.4) is 0 Å². The van der Waals surface area contributed by atoms with Gasteiger partial charge in [0, 0.05) is 19.3 Å². The number of esters is 1. The lowest BCUT2D eigenvalue weighted by Crippen LogP contribution is -2.50. The fourth-order valence-corrected chi connectivity index (χ4v) is 9.74. The summed E-state index contributed by atoms with van der Waals surface area (Å²) in [6.07, 6.45) is 19.7. The molecule has 4 nitrogen and oxygen atoms in total. The highest BCUT2D eigenvalue weighted by Crippen LogP contribution is 2.66. The van der Waals surface area contributed by atoms with E-state index >= 15 is 0 Å². The summed E-state index contributed by atoms with van der Waals surface area (Å²) in [5, 5.41) is 8.79. The van der Waals surface area contributed by atoms with Crippen LogP contribution in [0.15, 0.2) is 11.6 Å². The third-order valence-corrected chi connectivity index (χ3v) is 12.2. The summed E-state index contributed by atoms with van der Waals surface area (Å²) in [4.78, 5) is 23.1. The van der Waals surface area contributed by atoms with Crippen LogP contribution in [0.5, 0.6) is 0 Å². The summed E-state index contributed by atoms with van der Waals surface area (Å²) in [6, 6.07) is 0. The molecule has 0 aliphatic heterocycles. The Bertz CT molecular complexity index is 861. The van der Waals surface area contributed by atoms with Gasteiger partial charge in [-0.15, -0.1) is 0 Å². The topological polar surface area (TPSA) is 63.6 Å². The van der Waals surface area contributed by atoms with Gasteiger partial charge in [-0.2, -0.15) is 0 Å². The molecule has 0 spiro atoms. The van der Waals surface area contributed by atoms with Crippen LogP contribution in [0.1, 0.15) is 137 Å². The first kappa shape index (κ1) is 29.7. The first-order chi connectivity index (χ1) is 18.1. The Morgan fingerprint density at radius 1 is 1.03 bits per heavy atom. The number of allylic oxidation sites excluding steroid dienone is 1. The lowest BCUT2D eigenvalue weighted by molar-refractivity contribution is -0.152. The molecule has 4 aliphatic carbocycles. The quantitative estimate of drug-likeness (QED) is 0.156. The number of carbonyl (C=O) groups excluding carboxylic acids is 1. The Kier molecular flexibility index (Phi) is 9.73. The van der Waals surface area contributed by atoms with E-state index in [1.165, 1.54) is 57.8 Å². The SMILES string of the molecule is CCC(CCCC1CCC2C3CC=C4CC(OC(=O)CCCCC(=O)O)CCC4(C)C3CCC12C)C(C)C. The van der Waals surface area contributed by atoms with Crippen LogP contribution in [0, 0.1) is 46.3 Å². The van der Waals surface area contributed by atoms with Crippen molar-refractivity contribution >= 4 is 11.9 Å². The van der Waals surface area contributed by atoms with Crippen molar-refractivity contribution in [1.29, 1.82) is 0 Å². The Balaban J connectivity index is 1.33. The van der Waals surface area contributed by atoms with Gasteiger partial charge in [0.05, 0.1) is 0 Å². The number of hydrogen-bond donors (Lipinski definition) is 1. The molecule has 0 amide bonds. The summed E-state index contributed by atoms with van der Waals surface area (Å²) < 4.78 is 5.88. The normalized spacial score (nSPS) is 37.1. The molecule has 8 atom stereocenters. The van der Waals surface area contributed by atoms with Gasteiger partial charge in [-0.1, -0.05) is 65.5 Å². The molecule has 216 valence electrons. The van der Waals surface area contributed by atoms with Gasteiger partial charge < -0.3 is 9.84 Å². The predicted molar refractivity (Wildman–Crippen MR) is 154 cm³/mol. The maximum atomic E-state index is 12.4. The molecule has 1 N–H and O–H groups in total. The molecule has 3 fully saturated rings. The second-order valence-corrected chi connectivity index (χ2v) is 14.4. The highest BCUT2D eigenvalue weighted by molar-refractivity contribution is 5.70. The van der Waals surface area contributed by atoms with Gasteiger partial charge in [0.1, 0.15) is 6.10 Å². The van der Waals surface area contributed by atoms with Gasteiger partial charge in [0.2, 0.25) is 0 Å². The van der Waals surface area contributed by atoms with E-state index in [1.807, 2.05) is 0 Å². The largest absolute Gasteiger partial charge is 0.481 e.